The van der Waals surface area contributed by atoms with Crippen LogP contribution >= 0.6 is 22.6 Å². The second-order valence-corrected chi connectivity index (χ2v) is 6.11. The fourth-order valence-electron chi connectivity index (χ4n) is 1.62. The minimum atomic E-state index is -3.42. The summed E-state index contributed by atoms with van der Waals surface area (Å²) in [4.78, 5) is 0. The van der Waals surface area contributed by atoms with Crippen molar-refractivity contribution in [1.82, 2.24) is 0 Å². The molecule has 0 aromatic rings. The zero-order chi connectivity index (χ0) is 12.2. The Labute approximate surface area is 110 Å². The molecule has 1 rings (SSSR count). The molecule has 1 fully saturated rings. The lowest BCUT2D eigenvalue weighted by atomic mass is 10.1. The van der Waals surface area contributed by atoms with Crippen molar-refractivity contribution in [3.05, 3.63) is 0 Å². The third-order valence-corrected chi connectivity index (χ3v) is 3.70. The van der Waals surface area contributed by atoms with Crippen LogP contribution in [0.5, 0.6) is 0 Å². The van der Waals surface area contributed by atoms with Crippen LogP contribution < -0.4 is 0 Å². The predicted molar refractivity (Wildman–Crippen MR) is 68.1 cm³/mol. The molecular weight excluding hydrogens is 347 g/mol. The van der Waals surface area contributed by atoms with E-state index < -0.39 is 10.1 Å². The van der Waals surface area contributed by atoms with Crippen LogP contribution in [0, 0.1) is 0 Å². The van der Waals surface area contributed by atoms with E-state index in [2.05, 4.69) is 22.6 Å². The summed E-state index contributed by atoms with van der Waals surface area (Å²) >= 11 is 2.16. The first-order valence-electron chi connectivity index (χ1n) is 5.17. The molecule has 0 aliphatic carbocycles. The lowest BCUT2D eigenvalue weighted by Crippen LogP contribution is -2.43. The van der Waals surface area contributed by atoms with Crippen LogP contribution in [0.2, 0.25) is 0 Å². The van der Waals surface area contributed by atoms with Gasteiger partial charge in [0, 0.05) is 17.5 Å². The standard InChI is InChI=1S/C9H17IO5S/c1-3-13-9-5-4-7(8(6-10)14-9)15-16(2,11)12/h7-9H,3-6H2,1-2H3. The van der Waals surface area contributed by atoms with Crippen molar-refractivity contribution in [2.24, 2.45) is 0 Å². The second kappa shape index (κ2) is 6.48. The van der Waals surface area contributed by atoms with E-state index >= 15 is 0 Å². The van der Waals surface area contributed by atoms with Gasteiger partial charge in [0.1, 0.15) is 6.10 Å². The fraction of sp³-hybridized carbons (Fsp3) is 1.00. The van der Waals surface area contributed by atoms with Gasteiger partial charge in [0.05, 0.1) is 12.4 Å². The zero-order valence-corrected chi connectivity index (χ0v) is 12.4. The first-order valence-corrected chi connectivity index (χ1v) is 8.51. The molecule has 1 aliphatic rings. The van der Waals surface area contributed by atoms with Crippen LogP contribution in [0.15, 0.2) is 0 Å². The van der Waals surface area contributed by atoms with Crippen LogP contribution in [-0.2, 0) is 23.8 Å². The Hall–Kier alpha value is 0.560. The highest BCUT2D eigenvalue weighted by molar-refractivity contribution is 14.1. The van der Waals surface area contributed by atoms with Crippen LogP contribution in [0.3, 0.4) is 0 Å². The Balaban J connectivity index is 2.55. The number of alkyl halides is 1. The third-order valence-electron chi connectivity index (χ3n) is 2.23. The highest BCUT2D eigenvalue weighted by Crippen LogP contribution is 2.25. The second-order valence-electron chi connectivity index (χ2n) is 3.63. The van der Waals surface area contributed by atoms with Crippen LogP contribution in [0.1, 0.15) is 19.8 Å². The summed E-state index contributed by atoms with van der Waals surface area (Å²) in [5, 5.41) is 0. The molecule has 96 valence electrons. The Morgan fingerprint density at radius 3 is 2.62 bits per heavy atom. The Kier molecular flexibility index (Phi) is 5.92. The number of ether oxygens (including phenoxy) is 2. The topological polar surface area (TPSA) is 61.8 Å². The lowest BCUT2D eigenvalue weighted by molar-refractivity contribution is -0.208. The Morgan fingerprint density at radius 2 is 2.12 bits per heavy atom. The Morgan fingerprint density at radius 1 is 1.44 bits per heavy atom. The molecule has 0 N–H and O–H groups in total. The van der Waals surface area contributed by atoms with Gasteiger partial charge in [-0.3, -0.25) is 4.18 Å². The number of hydrogen-bond acceptors (Lipinski definition) is 5. The van der Waals surface area contributed by atoms with Gasteiger partial charge < -0.3 is 9.47 Å². The monoisotopic (exact) mass is 364 g/mol. The molecule has 1 heterocycles. The summed E-state index contributed by atoms with van der Waals surface area (Å²) < 4.78 is 38.8. The molecule has 0 radical (unpaired) electrons. The average Bonchev–Trinajstić information content (AvgIpc) is 2.18. The van der Waals surface area contributed by atoms with Crippen molar-refractivity contribution in [3.8, 4) is 0 Å². The molecule has 3 unspecified atom stereocenters. The maximum Gasteiger partial charge on any atom is 0.264 e. The minimum Gasteiger partial charge on any atom is -0.353 e. The van der Waals surface area contributed by atoms with E-state index in [0.29, 0.717) is 23.9 Å². The lowest BCUT2D eigenvalue weighted by Gasteiger charge is -2.34. The summed E-state index contributed by atoms with van der Waals surface area (Å²) in [6, 6.07) is 0. The van der Waals surface area contributed by atoms with Gasteiger partial charge in [-0.25, -0.2) is 0 Å². The molecule has 1 saturated heterocycles. The highest BCUT2D eigenvalue weighted by Gasteiger charge is 2.33. The fourth-order valence-corrected chi connectivity index (χ4v) is 3.06. The van der Waals surface area contributed by atoms with E-state index in [9.17, 15) is 8.42 Å². The number of rotatable bonds is 5. The molecule has 16 heavy (non-hydrogen) atoms. The SMILES string of the molecule is CCOC1CCC(OS(C)(=O)=O)C(CI)O1. The van der Waals surface area contributed by atoms with E-state index in [4.69, 9.17) is 13.7 Å². The molecular formula is C9H17IO5S. The molecule has 5 nitrogen and oxygen atoms in total. The van der Waals surface area contributed by atoms with Crippen molar-refractivity contribution in [2.45, 2.75) is 38.3 Å². The van der Waals surface area contributed by atoms with Gasteiger partial charge in [-0.05, 0) is 13.3 Å². The molecule has 0 aromatic heterocycles. The van der Waals surface area contributed by atoms with Crippen molar-refractivity contribution < 1.29 is 22.1 Å². The van der Waals surface area contributed by atoms with E-state index in [1.165, 1.54) is 0 Å². The van der Waals surface area contributed by atoms with Gasteiger partial charge in [0.25, 0.3) is 10.1 Å². The Bertz CT molecular complexity index is 305. The van der Waals surface area contributed by atoms with Crippen molar-refractivity contribution in [2.75, 3.05) is 17.3 Å². The van der Waals surface area contributed by atoms with E-state index in [1.807, 2.05) is 6.92 Å². The van der Waals surface area contributed by atoms with Crippen LogP contribution in [0.25, 0.3) is 0 Å². The first-order chi connectivity index (χ1) is 7.46. The maximum atomic E-state index is 11.1. The normalized spacial score (nSPS) is 31.6. The summed E-state index contributed by atoms with van der Waals surface area (Å²) in [5.74, 6) is 0. The van der Waals surface area contributed by atoms with Crippen molar-refractivity contribution >= 4 is 32.7 Å². The van der Waals surface area contributed by atoms with E-state index in [1.54, 1.807) is 0 Å². The first kappa shape index (κ1) is 14.6. The molecule has 0 saturated carbocycles. The minimum absolute atomic E-state index is 0.222. The summed E-state index contributed by atoms with van der Waals surface area (Å²) in [6.07, 6.45) is 1.53. The van der Waals surface area contributed by atoms with Gasteiger partial charge in [-0.15, -0.1) is 0 Å². The molecule has 0 spiro atoms. The number of hydrogen-bond donors (Lipinski definition) is 0. The zero-order valence-electron chi connectivity index (χ0n) is 9.39. The smallest absolute Gasteiger partial charge is 0.264 e. The summed E-state index contributed by atoms with van der Waals surface area (Å²) in [5.41, 5.74) is 0. The summed E-state index contributed by atoms with van der Waals surface area (Å²) in [6.45, 7) is 2.50. The molecule has 3 atom stereocenters. The molecule has 0 amide bonds. The largest absolute Gasteiger partial charge is 0.353 e. The van der Waals surface area contributed by atoms with Gasteiger partial charge in [-0.2, -0.15) is 8.42 Å². The van der Waals surface area contributed by atoms with Gasteiger partial charge in [0.15, 0.2) is 6.29 Å². The highest BCUT2D eigenvalue weighted by atomic mass is 127. The average molecular weight is 364 g/mol. The van der Waals surface area contributed by atoms with Crippen LogP contribution in [0.4, 0.5) is 0 Å². The maximum absolute atomic E-state index is 11.1. The van der Waals surface area contributed by atoms with Crippen molar-refractivity contribution in [1.29, 1.82) is 0 Å². The predicted octanol–water partition coefficient (Wildman–Crippen LogP) is 1.31. The molecule has 7 heteroatoms. The van der Waals surface area contributed by atoms with Crippen LogP contribution in [-0.4, -0.2) is 44.2 Å². The molecule has 0 bridgehead atoms. The third kappa shape index (κ3) is 4.82. The number of halogens is 1. The van der Waals surface area contributed by atoms with Gasteiger partial charge >= 0.3 is 0 Å². The van der Waals surface area contributed by atoms with E-state index in [0.717, 1.165) is 6.26 Å². The van der Waals surface area contributed by atoms with E-state index in [-0.39, 0.29) is 18.5 Å². The molecule has 0 aromatic carbocycles. The van der Waals surface area contributed by atoms with Gasteiger partial charge in [0.2, 0.25) is 0 Å². The van der Waals surface area contributed by atoms with Gasteiger partial charge in [-0.1, -0.05) is 22.6 Å². The van der Waals surface area contributed by atoms with Crippen molar-refractivity contribution in [3.63, 3.8) is 0 Å². The molecule has 1 aliphatic heterocycles. The quantitative estimate of drug-likeness (QED) is 0.418. The summed E-state index contributed by atoms with van der Waals surface area (Å²) in [7, 11) is -3.42.